The third-order valence-electron chi connectivity index (χ3n) is 2.13. The van der Waals surface area contributed by atoms with E-state index in [2.05, 4.69) is 15.5 Å². The fourth-order valence-corrected chi connectivity index (χ4v) is 3.31. The molecule has 1 aromatic heterocycles. The lowest BCUT2D eigenvalue weighted by Crippen LogP contribution is -2.19. The number of aliphatic hydroxyl groups is 1. The molecule has 0 atom stereocenters. The molecule has 0 bridgehead atoms. The predicted octanol–water partition coefficient (Wildman–Crippen LogP) is -0.419. The van der Waals surface area contributed by atoms with Gasteiger partial charge in [0, 0.05) is 5.75 Å². The lowest BCUT2D eigenvalue weighted by atomic mass is 10.6. The van der Waals surface area contributed by atoms with Crippen LogP contribution in [0.2, 0.25) is 0 Å². The number of aromatic nitrogens is 4. The highest BCUT2D eigenvalue weighted by molar-refractivity contribution is 8.00. The highest BCUT2D eigenvalue weighted by Gasteiger charge is 2.16. The van der Waals surface area contributed by atoms with Crippen molar-refractivity contribution in [2.75, 3.05) is 18.1 Å². The summed E-state index contributed by atoms with van der Waals surface area (Å²) >= 11 is 1.27. The van der Waals surface area contributed by atoms with Crippen LogP contribution in [0.4, 0.5) is 0 Å². The predicted molar refractivity (Wildman–Crippen MR) is 64.5 cm³/mol. The van der Waals surface area contributed by atoms with Crippen molar-refractivity contribution in [3.63, 3.8) is 0 Å². The normalized spacial score (nSPS) is 12.2. The first-order valence-electron chi connectivity index (χ1n) is 5.18. The van der Waals surface area contributed by atoms with Gasteiger partial charge in [-0.15, -0.1) is 5.10 Å². The second-order valence-corrected chi connectivity index (χ2v) is 7.41. The molecule has 0 saturated carbocycles. The van der Waals surface area contributed by atoms with Gasteiger partial charge < -0.3 is 5.11 Å². The molecular formula is C8H16N4O3S2. The Labute approximate surface area is 105 Å². The van der Waals surface area contributed by atoms with Crippen LogP contribution in [0.15, 0.2) is 5.16 Å². The molecule has 0 aromatic carbocycles. The largest absolute Gasteiger partial charge is 0.394 e. The summed E-state index contributed by atoms with van der Waals surface area (Å²) in [6, 6.07) is 0. The van der Waals surface area contributed by atoms with E-state index in [-0.39, 0.29) is 17.6 Å². The fourth-order valence-electron chi connectivity index (χ4n) is 1.02. The van der Waals surface area contributed by atoms with Crippen LogP contribution >= 0.6 is 11.8 Å². The van der Waals surface area contributed by atoms with E-state index in [1.54, 1.807) is 13.8 Å². The van der Waals surface area contributed by atoms with Gasteiger partial charge in [0.25, 0.3) is 0 Å². The number of hydrogen-bond acceptors (Lipinski definition) is 7. The number of nitrogens with zero attached hydrogens (tertiary/aromatic N) is 4. The third-order valence-corrected chi connectivity index (χ3v) is 5.55. The Morgan fingerprint density at radius 2 is 2.18 bits per heavy atom. The molecule has 1 heterocycles. The molecular weight excluding hydrogens is 264 g/mol. The van der Waals surface area contributed by atoms with Gasteiger partial charge in [0.1, 0.15) is 0 Å². The third kappa shape index (κ3) is 4.25. The van der Waals surface area contributed by atoms with Gasteiger partial charge in [0.2, 0.25) is 5.16 Å². The van der Waals surface area contributed by atoms with Gasteiger partial charge in [0.15, 0.2) is 9.84 Å². The van der Waals surface area contributed by atoms with Crippen LogP contribution in [0.1, 0.15) is 13.8 Å². The molecule has 98 valence electrons. The number of rotatable bonds is 7. The molecule has 0 spiro atoms. The van der Waals surface area contributed by atoms with E-state index in [9.17, 15) is 8.42 Å². The Hall–Kier alpha value is -0.670. The summed E-state index contributed by atoms with van der Waals surface area (Å²) in [6.45, 7) is 3.58. The van der Waals surface area contributed by atoms with Crippen LogP contribution in [0.3, 0.4) is 0 Å². The van der Waals surface area contributed by atoms with Crippen molar-refractivity contribution in [3.8, 4) is 0 Å². The van der Waals surface area contributed by atoms with E-state index >= 15 is 0 Å². The van der Waals surface area contributed by atoms with Crippen molar-refractivity contribution < 1.29 is 13.5 Å². The van der Waals surface area contributed by atoms with Crippen LogP contribution in [0, 0.1) is 0 Å². The van der Waals surface area contributed by atoms with Gasteiger partial charge in [-0.05, 0) is 24.3 Å². The zero-order valence-electron chi connectivity index (χ0n) is 9.77. The van der Waals surface area contributed by atoms with Crippen molar-refractivity contribution in [2.24, 2.45) is 0 Å². The lowest BCUT2D eigenvalue weighted by Gasteiger charge is -2.06. The maximum absolute atomic E-state index is 11.6. The first kappa shape index (κ1) is 14.4. The van der Waals surface area contributed by atoms with Crippen molar-refractivity contribution in [1.82, 2.24) is 20.2 Å². The minimum atomic E-state index is -3.02. The van der Waals surface area contributed by atoms with Crippen molar-refractivity contribution in [2.45, 2.75) is 30.8 Å². The standard InChI is InChI=1S/C8H16N4O3S2/c1-7(2)17(14,15)6-5-16-8-9-10-11-12(8)3-4-13/h7,13H,3-6H2,1-2H3. The van der Waals surface area contributed by atoms with E-state index in [0.717, 1.165) is 0 Å². The Bertz CT molecular complexity index is 443. The summed E-state index contributed by atoms with van der Waals surface area (Å²) in [6.07, 6.45) is 0. The van der Waals surface area contributed by atoms with Crippen molar-refractivity contribution in [3.05, 3.63) is 0 Å². The molecule has 0 aliphatic heterocycles. The van der Waals surface area contributed by atoms with Gasteiger partial charge in [-0.2, -0.15) is 0 Å². The van der Waals surface area contributed by atoms with Gasteiger partial charge >= 0.3 is 0 Å². The van der Waals surface area contributed by atoms with Gasteiger partial charge in [-0.3, -0.25) is 0 Å². The molecule has 0 unspecified atom stereocenters. The topological polar surface area (TPSA) is 98.0 Å². The number of tetrazole rings is 1. The second-order valence-electron chi connectivity index (χ2n) is 3.67. The van der Waals surface area contributed by atoms with E-state index in [4.69, 9.17) is 5.11 Å². The van der Waals surface area contributed by atoms with Crippen molar-refractivity contribution >= 4 is 21.6 Å². The average molecular weight is 280 g/mol. The number of aliphatic hydroxyl groups excluding tert-OH is 1. The van der Waals surface area contributed by atoms with E-state index in [1.165, 1.54) is 16.4 Å². The Kier molecular flexibility index (Phi) is 5.34. The SMILES string of the molecule is CC(C)S(=O)(=O)CCSc1nnnn1CCO. The van der Waals surface area contributed by atoms with Gasteiger partial charge in [-0.25, -0.2) is 13.1 Å². The Morgan fingerprint density at radius 3 is 2.76 bits per heavy atom. The summed E-state index contributed by atoms with van der Waals surface area (Å²) in [5, 5.41) is 19.8. The molecule has 1 rings (SSSR count). The maximum atomic E-state index is 11.6. The second kappa shape index (κ2) is 6.31. The van der Waals surface area contributed by atoms with E-state index < -0.39 is 9.84 Å². The zero-order chi connectivity index (χ0) is 12.9. The molecule has 7 nitrogen and oxygen atoms in total. The van der Waals surface area contributed by atoms with E-state index in [0.29, 0.717) is 17.5 Å². The summed E-state index contributed by atoms with van der Waals surface area (Å²) < 4.78 is 24.6. The molecule has 0 amide bonds. The summed E-state index contributed by atoms with van der Waals surface area (Å²) in [7, 11) is -3.02. The molecule has 9 heteroatoms. The summed E-state index contributed by atoms with van der Waals surface area (Å²) in [5.74, 6) is 0.508. The first-order valence-corrected chi connectivity index (χ1v) is 7.89. The number of sulfone groups is 1. The monoisotopic (exact) mass is 280 g/mol. The summed E-state index contributed by atoms with van der Waals surface area (Å²) in [4.78, 5) is 0. The Balaban J connectivity index is 2.49. The lowest BCUT2D eigenvalue weighted by molar-refractivity contribution is 0.262. The molecule has 1 N–H and O–H groups in total. The maximum Gasteiger partial charge on any atom is 0.209 e. The summed E-state index contributed by atoms with van der Waals surface area (Å²) in [5.41, 5.74) is 0. The average Bonchev–Trinajstić information content (AvgIpc) is 2.66. The molecule has 0 radical (unpaired) electrons. The fraction of sp³-hybridized carbons (Fsp3) is 0.875. The minimum absolute atomic E-state index is 0.0527. The smallest absolute Gasteiger partial charge is 0.209 e. The molecule has 0 aliphatic carbocycles. The molecule has 0 saturated heterocycles. The number of thioether (sulfide) groups is 1. The van der Waals surface area contributed by atoms with Crippen LogP contribution in [0.5, 0.6) is 0 Å². The van der Waals surface area contributed by atoms with Crippen molar-refractivity contribution in [1.29, 1.82) is 0 Å². The molecule has 0 aliphatic rings. The Morgan fingerprint density at radius 1 is 1.47 bits per heavy atom. The van der Waals surface area contributed by atoms with Gasteiger partial charge in [0.05, 0.1) is 24.2 Å². The minimum Gasteiger partial charge on any atom is -0.394 e. The molecule has 17 heavy (non-hydrogen) atoms. The zero-order valence-corrected chi connectivity index (χ0v) is 11.4. The number of hydrogen-bond donors (Lipinski definition) is 1. The van der Waals surface area contributed by atoms with Crippen LogP contribution in [0.25, 0.3) is 0 Å². The first-order chi connectivity index (χ1) is 7.97. The van der Waals surface area contributed by atoms with Crippen LogP contribution in [-0.4, -0.2) is 57.1 Å². The highest BCUT2D eigenvalue weighted by atomic mass is 32.2. The molecule has 0 fully saturated rings. The van der Waals surface area contributed by atoms with E-state index in [1.807, 2.05) is 0 Å². The van der Waals surface area contributed by atoms with Gasteiger partial charge in [-0.1, -0.05) is 11.8 Å². The quantitative estimate of drug-likeness (QED) is 0.677. The van der Waals surface area contributed by atoms with Crippen LogP contribution < -0.4 is 0 Å². The molecule has 1 aromatic rings. The highest BCUT2D eigenvalue weighted by Crippen LogP contribution is 2.14. The van der Waals surface area contributed by atoms with Crippen LogP contribution in [-0.2, 0) is 16.4 Å².